The van der Waals surface area contributed by atoms with Crippen molar-refractivity contribution in [3.63, 3.8) is 0 Å². The normalized spacial score (nSPS) is 11.0. The van der Waals surface area contributed by atoms with Gasteiger partial charge in [0.2, 0.25) is 0 Å². The number of hydrogen-bond acceptors (Lipinski definition) is 5. The van der Waals surface area contributed by atoms with Crippen molar-refractivity contribution in [3.05, 3.63) is 53.3 Å². The van der Waals surface area contributed by atoms with E-state index in [2.05, 4.69) is 15.2 Å². The van der Waals surface area contributed by atoms with Gasteiger partial charge >= 0.3 is 0 Å². The lowest BCUT2D eigenvalue weighted by Gasteiger charge is -2.13. The molecular formula is C18H19ClN4OS. The molecular weight excluding hydrogens is 356 g/mol. The minimum atomic E-state index is 0.674. The van der Waals surface area contributed by atoms with Crippen LogP contribution < -0.4 is 0 Å². The molecule has 3 aromatic rings. The van der Waals surface area contributed by atoms with Gasteiger partial charge in [0.1, 0.15) is 0 Å². The molecule has 0 unspecified atom stereocenters. The average molecular weight is 375 g/mol. The molecule has 25 heavy (non-hydrogen) atoms. The number of halogens is 1. The summed E-state index contributed by atoms with van der Waals surface area (Å²) in [6.07, 6.45) is 3.50. The summed E-state index contributed by atoms with van der Waals surface area (Å²) in [5, 5.41) is 10.3. The Labute approximate surface area is 156 Å². The van der Waals surface area contributed by atoms with Crippen LogP contribution >= 0.6 is 23.4 Å². The molecule has 0 saturated heterocycles. The van der Waals surface area contributed by atoms with E-state index in [4.69, 9.17) is 16.3 Å². The van der Waals surface area contributed by atoms with Gasteiger partial charge in [0, 0.05) is 35.3 Å². The van der Waals surface area contributed by atoms with E-state index in [-0.39, 0.29) is 0 Å². The quantitative estimate of drug-likeness (QED) is 0.452. The highest BCUT2D eigenvalue weighted by molar-refractivity contribution is 7.99. The van der Waals surface area contributed by atoms with Gasteiger partial charge in [-0.25, -0.2) is 0 Å². The third kappa shape index (κ3) is 4.03. The molecule has 0 N–H and O–H groups in total. The first-order valence-electron chi connectivity index (χ1n) is 8.04. The molecule has 0 amide bonds. The van der Waals surface area contributed by atoms with E-state index in [0.29, 0.717) is 13.2 Å². The summed E-state index contributed by atoms with van der Waals surface area (Å²) in [7, 11) is 0. The van der Waals surface area contributed by atoms with Gasteiger partial charge < -0.3 is 4.74 Å². The number of thioether (sulfide) groups is 1. The predicted molar refractivity (Wildman–Crippen MR) is 102 cm³/mol. The number of aromatic nitrogens is 4. The fourth-order valence-electron chi connectivity index (χ4n) is 2.44. The van der Waals surface area contributed by atoms with Crippen LogP contribution in [0.1, 0.15) is 12.5 Å². The van der Waals surface area contributed by atoms with Crippen LogP contribution in [-0.4, -0.2) is 38.7 Å². The number of rotatable bonds is 7. The number of hydrogen-bond donors (Lipinski definition) is 0. The van der Waals surface area contributed by atoms with Gasteiger partial charge in [-0.05, 0) is 43.7 Å². The molecule has 7 heteroatoms. The van der Waals surface area contributed by atoms with Crippen LogP contribution in [0.3, 0.4) is 0 Å². The third-order valence-corrected chi connectivity index (χ3v) is 5.02. The summed E-state index contributed by atoms with van der Waals surface area (Å²) in [6.45, 7) is 5.38. The van der Waals surface area contributed by atoms with E-state index in [0.717, 1.165) is 38.6 Å². The molecule has 2 heterocycles. The third-order valence-electron chi connectivity index (χ3n) is 3.71. The van der Waals surface area contributed by atoms with E-state index in [1.54, 1.807) is 24.2 Å². The van der Waals surface area contributed by atoms with Crippen LogP contribution in [0.5, 0.6) is 0 Å². The number of pyridine rings is 1. The molecule has 0 aliphatic heterocycles. The molecule has 2 aromatic heterocycles. The Hall–Kier alpha value is -1.89. The van der Waals surface area contributed by atoms with Crippen LogP contribution in [0, 0.1) is 6.92 Å². The highest BCUT2D eigenvalue weighted by Crippen LogP contribution is 2.31. The Bertz CT molecular complexity index is 838. The topological polar surface area (TPSA) is 52.8 Å². The highest BCUT2D eigenvalue weighted by atomic mass is 35.5. The monoisotopic (exact) mass is 374 g/mol. The zero-order valence-corrected chi connectivity index (χ0v) is 15.7. The summed E-state index contributed by atoms with van der Waals surface area (Å²) < 4.78 is 7.48. The fraction of sp³-hybridized carbons (Fsp3) is 0.278. The van der Waals surface area contributed by atoms with Crippen molar-refractivity contribution in [2.24, 2.45) is 0 Å². The largest absolute Gasteiger partial charge is 0.381 e. The zero-order chi connectivity index (χ0) is 17.6. The summed E-state index contributed by atoms with van der Waals surface area (Å²) >= 11 is 7.95. The van der Waals surface area contributed by atoms with Gasteiger partial charge in [-0.1, -0.05) is 29.4 Å². The highest BCUT2D eigenvalue weighted by Gasteiger charge is 2.18. The second kappa shape index (κ2) is 8.47. The second-order valence-corrected chi connectivity index (χ2v) is 6.78. The summed E-state index contributed by atoms with van der Waals surface area (Å²) in [6, 6.07) is 9.71. The average Bonchev–Trinajstić information content (AvgIpc) is 3.05. The maximum atomic E-state index is 6.34. The summed E-state index contributed by atoms with van der Waals surface area (Å²) in [5.41, 5.74) is 2.92. The molecule has 0 aliphatic rings. The summed E-state index contributed by atoms with van der Waals surface area (Å²) in [5.74, 6) is 1.58. The number of nitrogens with zero attached hydrogens (tertiary/aromatic N) is 4. The van der Waals surface area contributed by atoms with Gasteiger partial charge in [-0.3, -0.25) is 9.55 Å². The maximum absolute atomic E-state index is 6.34. The van der Waals surface area contributed by atoms with E-state index in [1.165, 1.54) is 0 Å². The molecule has 0 bridgehead atoms. The minimum Gasteiger partial charge on any atom is -0.381 e. The molecule has 0 spiro atoms. The Morgan fingerprint density at radius 3 is 2.72 bits per heavy atom. The zero-order valence-electron chi connectivity index (χ0n) is 14.1. The van der Waals surface area contributed by atoms with Crippen molar-refractivity contribution in [1.29, 1.82) is 0 Å². The van der Waals surface area contributed by atoms with Crippen molar-refractivity contribution in [3.8, 4) is 17.1 Å². The standard InChI is InChI=1S/C18H19ClN4OS/c1-3-24-11-12-25-18-22-21-17(14-7-9-20-10-8-14)23(18)16-6-4-5-15(19)13(16)2/h4-10H,3,11-12H2,1-2H3. The first-order valence-corrected chi connectivity index (χ1v) is 9.40. The number of ether oxygens (including phenoxy) is 1. The molecule has 3 rings (SSSR count). The molecule has 1 aromatic carbocycles. The van der Waals surface area contributed by atoms with Gasteiger partial charge in [0.15, 0.2) is 11.0 Å². The second-order valence-electron chi connectivity index (χ2n) is 5.31. The van der Waals surface area contributed by atoms with Gasteiger partial charge in [-0.15, -0.1) is 10.2 Å². The Morgan fingerprint density at radius 1 is 1.16 bits per heavy atom. The lowest BCUT2D eigenvalue weighted by Crippen LogP contribution is -2.04. The smallest absolute Gasteiger partial charge is 0.196 e. The Kier molecular flexibility index (Phi) is 6.07. The van der Waals surface area contributed by atoms with Crippen molar-refractivity contribution < 1.29 is 4.74 Å². The SMILES string of the molecule is CCOCCSc1nnc(-c2ccncc2)n1-c1cccc(Cl)c1C. The van der Waals surface area contributed by atoms with Gasteiger partial charge in [-0.2, -0.15) is 0 Å². The van der Waals surface area contributed by atoms with Crippen LogP contribution in [0.4, 0.5) is 0 Å². The van der Waals surface area contributed by atoms with E-state index < -0.39 is 0 Å². The van der Waals surface area contributed by atoms with Gasteiger partial charge in [0.05, 0.1) is 12.3 Å². The first kappa shape index (κ1) is 17.9. The minimum absolute atomic E-state index is 0.674. The fourth-order valence-corrected chi connectivity index (χ4v) is 3.41. The Balaban J connectivity index is 2.05. The van der Waals surface area contributed by atoms with Crippen LogP contribution in [0.25, 0.3) is 17.1 Å². The molecule has 0 aliphatic carbocycles. The van der Waals surface area contributed by atoms with E-state index >= 15 is 0 Å². The van der Waals surface area contributed by atoms with Crippen molar-refractivity contribution in [2.75, 3.05) is 19.0 Å². The Morgan fingerprint density at radius 2 is 1.96 bits per heavy atom. The predicted octanol–water partition coefficient (Wildman–Crippen LogP) is 4.42. The van der Waals surface area contributed by atoms with Crippen LogP contribution in [0.15, 0.2) is 47.9 Å². The molecule has 0 atom stereocenters. The van der Waals surface area contributed by atoms with Crippen molar-refractivity contribution >= 4 is 23.4 Å². The molecule has 5 nitrogen and oxygen atoms in total. The lowest BCUT2D eigenvalue weighted by atomic mass is 10.2. The van der Waals surface area contributed by atoms with Gasteiger partial charge in [0.25, 0.3) is 0 Å². The summed E-state index contributed by atoms with van der Waals surface area (Å²) in [4.78, 5) is 4.08. The van der Waals surface area contributed by atoms with Crippen LogP contribution in [-0.2, 0) is 4.74 Å². The molecule has 0 radical (unpaired) electrons. The van der Waals surface area contributed by atoms with E-state index in [1.807, 2.05) is 48.7 Å². The molecule has 0 saturated carbocycles. The lowest BCUT2D eigenvalue weighted by molar-refractivity contribution is 0.164. The van der Waals surface area contributed by atoms with Crippen molar-refractivity contribution in [1.82, 2.24) is 19.7 Å². The van der Waals surface area contributed by atoms with Crippen molar-refractivity contribution in [2.45, 2.75) is 19.0 Å². The molecule has 0 fully saturated rings. The molecule has 130 valence electrons. The first-order chi connectivity index (χ1) is 12.2. The van der Waals surface area contributed by atoms with Crippen LogP contribution in [0.2, 0.25) is 5.02 Å². The number of benzene rings is 1. The van der Waals surface area contributed by atoms with E-state index in [9.17, 15) is 0 Å². The maximum Gasteiger partial charge on any atom is 0.196 e.